The van der Waals surface area contributed by atoms with Crippen LogP contribution in [0.1, 0.15) is 39.0 Å². The number of rotatable bonds is 4. The van der Waals surface area contributed by atoms with Gasteiger partial charge in [-0.1, -0.05) is 26.2 Å². The topological polar surface area (TPSA) is 9.23 Å². The molecule has 1 nitrogen and oxygen atoms in total. The second kappa shape index (κ2) is 6.31. The Bertz CT molecular complexity index is 402. The average molecular weight is 272 g/mol. The monoisotopic (exact) mass is 272 g/mol. The maximum absolute atomic E-state index is 13.0. The van der Waals surface area contributed by atoms with E-state index in [-0.39, 0.29) is 5.75 Å². The van der Waals surface area contributed by atoms with Crippen LogP contribution in [0.3, 0.4) is 0 Å². The zero-order valence-electron chi connectivity index (χ0n) is 11.1. The Morgan fingerprint density at radius 3 is 2.05 bits per heavy atom. The van der Waals surface area contributed by atoms with Crippen LogP contribution >= 0.6 is 0 Å². The van der Waals surface area contributed by atoms with Crippen LogP contribution in [0.15, 0.2) is 12.1 Å². The number of hydrogen-bond acceptors (Lipinski definition) is 1. The van der Waals surface area contributed by atoms with Gasteiger partial charge in [0, 0.05) is 12.1 Å². The first kappa shape index (κ1) is 14.2. The van der Waals surface area contributed by atoms with Crippen LogP contribution in [-0.2, 0) is 0 Å². The lowest BCUT2D eigenvalue weighted by molar-refractivity contribution is 0.180. The van der Waals surface area contributed by atoms with Crippen LogP contribution in [0.2, 0.25) is 0 Å². The largest absolute Gasteiger partial charge is 0.493 e. The van der Waals surface area contributed by atoms with Crippen LogP contribution in [0.25, 0.3) is 0 Å². The summed E-state index contributed by atoms with van der Waals surface area (Å²) in [6, 6.07) is 1.80. The van der Waals surface area contributed by atoms with E-state index in [1.807, 2.05) is 0 Å². The molecule has 106 valence electrons. The van der Waals surface area contributed by atoms with Crippen molar-refractivity contribution in [1.82, 2.24) is 0 Å². The Labute approximate surface area is 111 Å². The lowest BCUT2D eigenvalue weighted by atomic mass is 9.81. The van der Waals surface area contributed by atoms with Crippen LogP contribution in [0.4, 0.5) is 13.2 Å². The molecule has 0 heterocycles. The lowest BCUT2D eigenvalue weighted by Gasteiger charge is -2.27. The highest BCUT2D eigenvalue weighted by Gasteiger charge is 2.20. The molecule has 1 fully saturated rings. The van der Waals surface area contributed by atoms with Crippen molar-refractivity contribution in [2.45, 2.75) is 39.0 Å². The third kappa shape index (κ3) is 3.64. The van der Waals surface area contributed by atoms with E-state index in [2.05, 4.69) is 6.92 Å². The molecule has 4 heteroatoms. The fourth-order valence-corrected chi connectivity index (χ4v) is 2.64. The number of halogens is 3. The highest BCUT2D eigenvalue weighted by Crippen LogP contribution is 2.31. The van der Waals surface area contributed by atoms with Crippen molar-refractivity contribution in [3.63, 3.8) is 0 Å². The zero-order chi connectivity index (χ0) is 13.8. The van der Waals surface area contributed by atoms with Gasteiger partial charge in [0.15, 0.2) is 17.5 Å². The van der Waals surface area contributed by atoms with Gasteiger partial charge in [-0.05, 0) is 24.7 Å². The molecule has 19 heavy (non-hydrogen) atoms. The van der Waals surface area contributed by atoms with Crippen molar-refractivity contribution in [3.8, 4) is 5.75 Å². The molecule has 1 aromatic rings. The quantitative estimate of drug-likeness (QED) is 0.722. The zero-order valence-corrected chi connectivity index (χ0v) is 11.1. The molecule has 1 saturated carbocycles. The van der Waals surface area contributed by atoms with E-state index in [0.29, 0.717) is 12.5 Å². The number of hydrogen-bond donors (Lipinski definition) is 0. The van der Waals surface area contributed by atoms with Gasteiger partial charge >= 0.3 is 0 Å². The van der Waals surface area contributed by atoms with Gasteiger partial charge in [-0.25, -0.2) is 13.2 Å². The molecule has 1 aliphatic rings. The van der Waals surface area contributed by atoms with Crippen LogP contribution in [-0.4, -0.2) is 6.61 Å². The molecule has 0 spiro atoms. The molecule has 0 radical (unpaired) electrons. The molecule has 0 saturated heterocycles. The minimum absolute atomic E-state index is 0.0639. The Kier molecular flexibility index (Phi) is 4.72. The standard InChI is InChI=1S/C15H19F3O/c1-2-10-3-5-11(6-4-10)9-19-12-7-13(16)15(18)14(17)8-12/h7-8,10-11H,2-6,9H2,1H3/t10-,11-. The van der Waals surface area contributed by atoms with E-state index in [1.54, 1.807) is 0 Å². The lowest BCUT2D eigenvalue weighted by Crippen LogP contribution is -2.19. The summed E-state index contributed by atoms with van der Waals surface area (Å²) in [4.78, 5) is 0. The van der Waals surface area contributed by atoms with Crippen molar-refractivity contribution < 1.29 is 17.9 Å². The maximum atomic E-state index is 13.0. The molecular weight excluding hydrogens is 253 g/mol. The molecule has 0 bridgehead atoms. The smallest absolute Gasteiger partial charge is 0.194 e. The van der Waals surface area contributed by atoms with E-state index >= 15 is 0 Å². The van der Waals surface area contributed by atoms with Crippen molar-refractivity contribution in [1.29, 1.82) is 0 Å². The molecule has 1 aromatic carbocycles. The fourth-order valence-electron chi connectivity index (χ4n) is 2.64. The van der Waals surface area contributed by atoms with Gasteiger partial charge in [0.25, 0.3) is 0 Å². The maximum Gasteiger partial charge on any atom is 0.194 e. The van der Waals surface area contributed by atoms with E-state index in [0.717, 1.165) is 30.9 Å². The van der Waals surface area contributed by atoms with Gasteiger partial charge in [-0.3, -0.25) is 0 Å². The molecule has 0 aliphatic heterocycles. The van der Waals surface area contributed by atoms with Crippen molar-refractivity contribution in [3.05, 3.63) is 29.6 Å². The summed E-state index contributed by atoms with van der Waals surface area (Å²) in [6.45, 7) is 2.65. The summed E-state index contributed by atoms with van der Waals surface area (Å²) >= 11 is 0. The third-order valence-corrected chi connectivity index (χ3v) is 3.99. The Balaban J connectivity index is 1.86. The molecule has 2 rings (SSSR count). The average Bonchev–Trinajstić information content (AvgIpc) is 2.43. The Morgan fingerprint density at radius 2 is 1.53 bits per heavy atom. The Morgan fingerprint density at radius 1 is 1.00 bits per heavy atom. The van der Waals surface area contributed by atoms with Crippen LogP contribution < -0.4 is 4.74 Å². The van der Waals surface area contributed by atoms with Crippen molar-refractivity contribution in [2.24, 2.45) is 11.8 Å². The predicted molar refractivity (Wildman–Crippen MR) is 67.6 cm³/mol. The normalized spacial score (nSPS) is 23.4. The summed E-state index contributed by atoms with van der Waals surface area (Å²) in [5.74, 6) is -2.56. The summed E-state index contributed by atoms with van der Waals surface area (Å²) in [7, 11) is 0. The highest BCUT2D eigenvalue weighted by molar-refractivity contribution is 5.25. The van der Waals surface area contributed by atoms with Crippen LogP contribution in [0.5, 0.6) is 5.75 Å². The first-order valence-corrected chi connectivity index (χ1v) is 6.87. The highest BCUT2D eigenvalue weighted by atomic mass is 19.2. The summed E-state index contributed by atoms with van der Waals surface area (Å²) in [5.41, 5.74) is 0. The molecule has 0 amide bonds. The van der Waals surface area contributed by atoms with E-state index in [1.165, 1.54) is 19.3 Å². The van der Waals surface area contributed by atoms with Crippen molar-refractivity contribution >= 4 is 0 Å². The van der Waals surface area contributed by atoms with Crippen LogP contribution in [0, 0.1) is 29.3 Å². The summed E-state index contributed by atoms with van der Waals surface area (Å²) < 4.78 is 44.2. The number of benzene rings is 1. The molecular formula is C15H19F3O. The molecule has 0 atom stereocenters. The third-order valence-electron chi connectivity index (χ3n) is 3.99. The second-order valence-electron chi connectivity index (χ2n) is 5.31. The van der Waals surface area contributed by atoms with Gasteiger partial charge in [0.2, 0.25) is 0 Å². The molecule has 0 N–H and O–H groups in total. The first-order chi connectivity index (χ1) is 9.10. The van der Waals surface area contributed by atoms with Gasteiger partial charge in [0.1, 0.15) is 5.75 Å². The van der Waals surface area contributed by atoms with Gasteiger partial charge in [0.05, 0.1) is 6.61 Å². The predicted octanol–water partition coefficient (Wildman–Crippen LogP) is 4.70. The molecule has 0 unspecified atom stereocenters. The van der Waals surface area contributed by atoms with E-state index in [4.69, 9.17) is 4.74 Å². The summed E-state index contributed by atoms with van der Waals surface area (Å²) in [6.07, 6.45) is 5.77. The van der Waals surface area contributed by atoms with Gasteiger partial charge < -0.3 is 4.74 Å². The minimum atomic E-state index is -1.45. The van der Waals surface area contributed by atoms with Crippen molar-refractivity contribution in [2.75, 3.05) is 6.61 Å². The fraction of sp³-hybridized carbons (Fsp3) is 0.600. The molecule has 0 aromatic heterocycles. The molecule has 1 aliphatic carbocycles. The second-order valence-corrected chi connectivity index (χ2v) is 5.31. The SMILES string of the molecule is CC[C@H]1CC[C@H](COc2cc(F)c(F)c(F)c2)CC1. The van der Waals surface area contributed by atoms with Gasteiger partial charge in [-0.15, -0.1) is 0 Å². The minimum Gasteiger partial charge on any atom is -0.493 e. The number of ether oxygens (including phenoxy) is 1. The first-order valence-electron chi connectivity index (χ1n) is 6.87. The van der Waals surface area contributed by atoms with Gasteiger partial charge in [-0.2, -0.15) is 0 Å². The summed E-state index contributed by atoms with van der Waals surface area (Å²) in [5, 5.41) is 0. The van der Waals surface area contributed by atoms with E-state index < -0.39 is 17.5 Å². The Hall–Kier alpha value is -1.19. The van der Waals surface area contributed by atoms with E-state index in [9.17, 15) is 13.2 Å².